The SMILES string of the molecule is COc1ccc(CC(=O)O)cc1S(=O)(=O)Nc1ccc(Cl)cc1F. The summed E-state index contributed by atoms with van der Waals surface area (Å²) in [6.07, 6.45) is -0.359. The van der Waals surface area contributed by atoms with Gasteiger partial charge in [-0.25, -0.2) is 12.8 Å². The van der Waals surface area contributed by atoms with Crippen molar-refractivity contribution in [3.63, 3.8) is 0 Å². The summed E-state index contributed by atoms with van der Waals surface area (Å²) >= 11 is 5.63. The van der Waals surface area contributed by atoms with E-state index in [0.29, 0.717) is 0 Å². The van der Waals surface area contributed by atoms with Crippen LogP contribution < -0.4 is 9.46 Å². The lowest BCUT2D eigenvalue weighted by Crippen LogP contribution is -2.15. The lowest BCUT2D eigenvalue weighted by molar-refractivity contribution is -0.136. The molecule has 0 aliphatic heterocycles. The molecule has 6 nitrogen and oxygen atoms in total. The van der Waals surface area contributed by atoms with E-state index in [2.05, 4.69) is 4.72 Å². The number of ether oxygens (including phenoxy) is 1. The Morgan fingerprint density at radius 1 is 1.29 bits per heavy atom. The van der Waals surface area contributed by atoms with Crippen LogP contribution in [0.1, 0.15) is 5.56 Å². The van der Waals surface area contributed by atoms with E-state index in [9.17, 15) is 17.6 Å². The van der Waals surface area contributed by atoms with Crippen LogP contribution in [0.25, 0.3) is 0 Å². The molecule has 0 unspecified atom stereocenters. The number of carboxylic acids is 1. The molecule has 0 atom stereocenters. The van der Waals surface area contributed by atoms with Gasteiger partial charge in [-0.2, -0.15) is 0 Å². The van der Waals surface area contributed by atoms with Crippen molar-refractivity contribution < 1.29 is 27.4 Å². The zero-order valence-electron chi connectivity index (χ0n) is 12.4. The molecule has 9 heteroatoms. The van der Waals surface area contributed by atoms with Crippen LogP contribution in [0.4, 0.5) is 10.1 Å². The molecule has 0 aliphatic rings. The number of hydrogen-bond donors (Lipinski definition) is 2. The van der Waals surface area contributed by atoms with Gasteiger partial charge in [0, 0.05) is 5.02 Å². The standard InChI is InChI=1S/C15H13ClFNO5S/c1-23-13-5-2-9(7-15(19)20)6-14(13)24(21,22)18-12-4-3-10(16)8-11(12)17/h2-6,8,18H,7H2,1H3,(H,19,20). The first-order chi connectivity index (χ1) is 11.2. The Balaban J connectivity index is 2.45. The molecule has 0 amide bonds. The first kappa shape index (κ1) is 18.0. The fourth-order valence-corrected chi connectivity index (χ4v) is 3.43. The molecule has 0 aliphatic carbocycles. The highest BCUT2D eigenvalue weighted by molar-refractivity contribution is 7.92. The number of rotatable bonds is 6. The third kappa shape index (κ3) is 4.15. The Hall–Kier alpha value is -2.32. The molecular formula is C15H13ClFNO5S. The molecule has 24 heavy (non-hydrogen) atoms. The van der Waals surface area contributed by atoms with Crippen LogP contribution in [0.2, 0.25) is 5.02 Å². The summed E-state index contributed by atoms with van der Waals surface area (Å²) in [5.74, 6) is -1.95. The zero-order chi connectivity index (χ0) is 17.9. The van der Waals surface area contributed by atoms with Gasteiger partial charge in [0.2, 0.25) is 0 Å². The largest absolute Gasteiger partial charge is 0.495 e. The summed E-state index contributed by atoms with van der Waals surface area (Å²) in [4.78, 5) is 10.5. The van der Waals surface area contributed by atoms with Gasteiger partial charge in [-0.15, -0.1) is 0 Å². The zero-order valence-corrected chi connectivity index (χ0v) is 14.0. The van der Waals surface area contributed by atoms with Crippen molar-refractivity contribution in [1.29, 1.82) is 0 Å². The number of benzene rings is 2. The Bertz CT molecular complexity index is 885. The maximum Gasteiger partial charge on any atom is 0.307 e. The number of carbonyl (C=O) groups is 1. The molecule has 0 spiro atoms. The molecular weight excluding hydrogens is 361 g/mol. The highest BCUT2D eigenvalue weighted by atomic mass is 35.5. The fourth-order valence-electron chi connectivity index (χ4n) is 1.99. The van der Waals surface area contributed by atoms with Gasteiger partial charge < -0.3 is 9.84 Å². The van der Waals surface area contributed by atoms with Crippen LogP contribution in [0, 0.1) is 5.82 Å². The van der Waals surface area contributed by atoms with Gasteiger partial charge in [0.15, 0.2) is 0 Å². The number of nitrogens with one attached hydrogen (secondary N) is 1. The van der Waals surface area contributed by atoms with Gasteiger partial charge >= 0.3 is 5.97 Å². The highest BCUT2D eigenvalue weighted by Crippen LogP contribution is 2.28. The van der Waals surface area contributed by atoms with E-state index >= 15 is 0 Å². The molecule has 0 saturated heterocycles. The molecule has 2 N–H and O–H groups in total. The quantitative estimate of drug-likeness (QED) is 0.812. The van der Waals surface area contributed by atoms with Crippen LogP contribution in [-0.4, -0.2) is 26.6 Å². The number of methoxy groups -OCH3 is 1. The summed E-state index contributed by atoms with van der Waals surface area (Å²) in [7, 11) is -2.93. The third-order valence-corrected chi connectivity index (χ3v) is 4.67. The molecule has 0 heterocycles. The molecule has 0 bridgehead atoms. The van der Waals surface area contributed by atoms with Gasteiger partial charge in [-0.1, -0.05) is 17.7 Å². The number of carboxylic acid groups (broad SMARTS) is 1. The van der Waals surface area contributed by atoms with E-state index in [1.807, 2.05) is 0 Å². The van der Waals surface area contributed by atoms with E-state index in [-0.39, 0.29) is 33.3 Å². The molecule has 2 rings (SSSR count). The minimum Gasteiger partial charge on any atom is -0.495 e. The van der Waals surface area contributed by atoms with Gasteiger partial charge in [0.25, 0.3) is 10.0 Å². The normalized spacial score (nSPS) is 11.1. The predicted octanol–water partition coefficient (Wildman–Crippen LogP) is 2.92. The first-order valence-corrected chi connectivity index (χ1v) is 8.45. The van der Waals surface area contributed by atoms with Crippen molar-refractivity contribution in [2.45, 2.75) is 11.3 Å². The van der Waals surface area contributed by atoms with E-state index in [1.54, 1.807) is 0 Å². The summed E-state index contributed by atoms with van der Waals surface area (Å²) in [5.41, 5.74) is -0.0228. The van der Waals surface area contributed by atoms with Crippen LogP contribution >= 0.6 is 11.6 Å². The van der Waals surface area contributed by atoms with Crippen molar-refractivity contribution >= 4 is 33.3 Å². The molecule has 0 aromatic heterocycles. The second-order valence-corrected chi connectivity index (χ2v) is 6.87. The topological polar surface area (TPSA) is 92.7 Å². The average Bonchev–Trinajstić information content (AvgIpc) is 2.49. The lowest BCUT2D eigenvalue weighted by Gasteiger charge is -2.13. The monoisotopic (exact) mass is 373 g/mol. The molecule has 2 aromatic carbocycles. The van der Waals surface area contributed by atoms with Crippen molar-refractivity contribution in [1.82, 2.24) is 0 Å². The van der Waals surface area contributed by atoms with E-state index in [0.717, 1.165) is 6.07 Å². The number of hydrogen-bond acceptors (Lipinski definition) is 4. The number of halogens is 2. The van der Waals surface area contributed by atoms with Gasteiger partial charge in [-0.3, -0.25) is 9.52 Å². The second kappa shape index (κ2) is 7.06. The Morgan fingerprint density at radius 3 is 2.58 bits per heavy atom. The van der Waals surface area contributed by atoms with Crippen molar-refractivity contribution in [3.8, 4) is 5.75 Å². The number of aliphatic carboxylic acids is 1. The van der Waals surface area contributed by atoms with Crippen LogP contribution in [0.15, 0.2) is 41.3 Å². The maximum absolute atomic E-state index is 13.8. The lowest BCUT2D eigenvalue weighted by atomic mass is 10.1. The smallest absolute Gasteiger partial charge is 0.307 e. The van der Waals surface area contributed by atoms with Crippen molar-refractivity contribution in [2.75, 3.05) is 11.8 Å². The highest BCUT2D eigenvalue weighted by Gasteiger charge is 2.22. The molecule has 0 saturated carbocycles. The Morgan fingerprint density at radius 2 is 2.00 bits per heavy atom. The van der Waals surface area contributed by atoms with E-state index in [4.69, 9.17) is 21.4 Å². The van der Waals surface area contributed by atoms with Crippen molar-refractivity contribution in [2.24, 2.45) is 0 Å². The van der Waals surface area contributed by atoms with Gasteiger partial charge in [0.1, 0.15) is 16.5 Å². The first-order valence-electron chi connectivity index (χ1n) is 6.59. The molecule has 128 valence electrons. The molecule has 0 fully saturated rings. The molecule has 2 aromatic rings. The fraction of sp³-hybridized carbons (Fsp3) is 0.133. The van der Waals surface area contributed by atoms with E-state index < -0.39 is 21.8 Å². The minimum absolute atomic E-state index is 0.00557. The second-order valence-electron chi connectivity index (χ2n) is 4.79. The summed E-state index contributed by atoms with van der Waals surface area (Å²) in [5, 5.41) is 8.95. The predicted molar refractivity (Wildman–Crippen MR) is 86.6 cm³/mol. The van der Waals surface area contributed by atoms with Crippen LogP contribution in [0.5, 0.6) is 5.75 Å². The minimum atomic E-state index is -4.20. The van der Waals surface area contributed by atoms with E-state index in [1.165, 1.54) is 37.4 Å². The number of anilines is 1. The summed E-state index contributed by atoms with van der Waals surface area (Å²) in [6.45, 7) is 0. The average molecular weight is 374 g/mol. The Kier molecular flexibility index (Phi) is 5.30. The van der Waals surface area contributed by atoms with Crippen molar-refractivity contribution in [3.05, 3.63) is 52.8 Å². The van der Waals surface area contributed by atoms with Gasteiger partial charge in [0.05, 0.1) is 19.2 Å². The summed E-state index contributed by atoms with van der Waals surface area (Å²) in [6, 6.07) is 7.43. The Labute approximate surface area is 142 Å². The maximum atomic E-state index is 13.8. The number of sulfonamides is 1. The van der Waals surface area contributed by atoms with Crippen LogP contribution in [0.3, 0.4) is 0 Å². The van der Waals surface area contributed by atoms with Crippen LogP contribution in [-0.2, 0) is 21.2 Å². The third-order valence-electron chi connectivity index (χ3n) is 3.05. The molecule has 0 radical (unpaired) electrons. The summed E-state index contributed by atoms with van der Waals surface area (Å²) < 4.78 is 45.9. The van der Waals surface area contributed by atoms with Gasteiger partial charge in [-0.05, 0) is 35.9 Å².